The number of carboxylic acids is 2. The van der Waals surface area contributed by atoms with Gasteiger partial charge >= 0.3 is 42.1 Å². The topological polar surface area (TPSA) is 131 Å². The van der Waals surface area contributed by atoms with Crippen molar-refractivity contribution in [1.82, 2.24) is 67.9 Å². The third-order valence-corrected chi connectivity index (χ3v) is 12.4. The van der Waals surface area contributed by atoms with Crippen molar-refractivity contribution in [2.75, 3.05) is 39.6 Å². The maximum Gasteiger partial charge on any atom is 4.00 e. The normalized spacial score (nSPS) is 15.3. The SMILES string of the molecule is C.CC(=O)O.CC(=O)O.CC(C)N1C=CN(CN2C=CN(C(C)C)[CH-]2)[CH-]1.CCCCN1C=CN(CN2C=CN(CCCC)[CH-]2)[CH-]1.CCCCn1cc[n+](C[n+]2ccn(CCCC)c2)c1.CCN1C=CN(CN2C=CN(C(C)C)[CH-]2)[CH-]1.[Pt+2].[Pt+4]. The predicted molar refractivity (Wildman–Crippen MR) is 321 cm³/mol. The van der Waals surface area contributed by atoms with Gasteiger partial charge in [0.15, 0.2) is 0 Å². The molecule has 8 heterocycles. The maximum absolute atomic E-state index is 9.00. The van der Waals surface area contributed by atoms with Gasteiger partial charge in [-0.25, -0.2) is 9.13 Å². The summed E-state index contributed by atoms with van der Waals surface area (Å²) in [6, 6.07) is 1.55. The summed E-state index contributed by atoms with van der Waals surface area (Å²) in [5.74, 6) is -1.67. The Kier molecular flexibility index (Phi) is 40.7. The molecule has 6 aliphatic heterocycles. The van der Waals surface area contributed by atoms with E-state index in [4.69, 9.17) is 19.8 Å². The third kappa shape index (κ3) is 32.0. The summed E-state index contributed by atoms with van der Waals surface area (Å²) in [7, 11) is 0. The molecule has 0 saturated carbocycles. The van der Waals surface area contributed by atoms with E-state index in [0.717, 1.165) is 73.2 Å². The Bertz CT molecular complexity index is 2040. The zero-order chi connectivity index (χ0) is 58.1. The maximum atomic E-state index is 9.00. The number of unbranched alkanes of at least 4 members (excludes halogenated alkanes) is 4. The van der Waals surface area contributed by atoms with Crippen LogP contribution in [0.25, 0.3) is 0 Å². The standard InChI is InChI=1S/2C15H26N4.C13H22N4.C12H20N4.2C2H4O2.CH4.2Pt/c2*1-3-5-7-16-9-11-18(13-16)15-19-12-10-17(14-19)8-6-4-2;1-12(2)16-7-5-14(10-16)9-15-6-8-17(11-15)13(3)4;1-4-13-5-6-14(9-13)10-15-7-8-16(11-15)12(2)3;2*1-2(3)4;;;/h2*9-14H,3-8,15H2,1-2H3;5-8,10-13H,9H2,1-4H3;5-9,11-12H,4,10H2,1-3H3;2*1H3,(H,3,4);1H4;;/q-2;+2;2*-2;;;;+2;+4. The molecule has 0 aliphatic carbocycles. The minimum absolute atomic E-state index is 0. The molecule has 20 nitrogen and oxygen atoms in total. The summed E-state index contributed by atoms with van der Waals surface area (Å²) in [4.78, 5) is 44.5. The Morgan fingerprint density at radius 2 is 0.683 bits per heavy atom. The summed E-state index contributed by atoms with van der Waals surface area (Å²) in [5, 5.41) is 14.8. The average Bonchev–Trinajstić information content (AvgIpc) is 4.27. The fraction of sp³-hybridized carbons (Fsp3) is 0.567. The number of aryl methyl sites for hydroxylation is 2. The summed E-state index contributed by atoms with van der Waals surface area (Å²) >= 11 is 0. The molecule has 8 rings (SSSR count). The molecule has 6 aliphatic rings. The van der Waals surface area contributed by atoms with Gasteiger partial charge in [-0.05, 0) is 179 Å². The summed E-state index contributed by atoms with van der Waals surface area (Å²) in [6.07, 6.45) is 48.4. The van der Waals surface area contributed by atoms with E-state index in [2.05, 4.69) is 305 Å². The van der Waals surface area contributed by atoms with Gasteiger partial charge in [0.1, 0.15) is 24.8 Å². The Hall–Kier alpha value is -5.22. The van der Waals surface area contributed by atoms with E-state index >= 15 is 0 Å². The van der Waals surface area contributed by atoms with E-state index in [1.54, 1.807) is 0 Å². The molecule has 82 heavy (non-hydrogen) atoms. The van der Waals surface area contributed by atoms with Gasteiger partial charge < -0.3 is 69.0 Å². The van der Waals surface area contributed by atoms with Gasteiger partial charge in [-0.3, -0.25) is 9.59 Å². The number of carboxylic acid groups (broad SMARTS) is 2. The molecule has 2 N–H and O–H groups in total. The van der Waals surface area contributed by atoms with Crippen molar-refractivity contribution in [1.29, 1.82) is 0 Å². The van der Waals surface area contributed by atoms with E-state index in [-0.39, 0.29) is 49.6 Å². The minimum atomic E-state index is -0.833. The number of hydrogen-bond donors (Lipinski definition) is 2. The van der Waals surface area contributed by atoms with Gasteiger partial charge in [0, 0.05) is 33.9 Å². The van der Waals surface area contributed by atoms with Crippen LogP contribution >= 0.6 is 0 Å². The van der Waals surface area contributed by atoms with E-state index in [1.165, 1.54) is 51.4 Å². The second-order valence-electron chi connectivity index (χ2n) is 20.8. The predicted octanol–water partition coefficient (Wildman–Crippen LogP) is 9.71. The van der Waals surface area contributed by atoms with Crippen LogP contribution in [0.2, 0.25) is 0 Å². The Labute approximate surface area is 526 Å². The largest absolute Gasteiger partial charge is 4.00 e. The molecule has 2 aromatic rings. The molecule has 0 aromatic carbocycles. The van der Waals surface area contributed by atoms with Gasteiger partial charge in [-0.15, -0.1) is 0 Å². The van der Waals surface area contributed by atoms with Crippen LogP contribution in [0.5, 0.6) is 0 Å². The van der Waals surface area contributed by atoms with Crippen LogP contribution in [0.3, 0.4) is 0 Å². The first-order valence-corrected chi connectivity index (χ1v) is 28.7. The van der Waals surface area contributed by atoms with Crippen LogP contribution in [0, 0.1) is 40.0 Å². The van der Waals surface area contributed by atoms with E-state index < -0.39 is 11.9 Å². The molecule has 2 aromatic heterocycles. The summed E-state index contributed by atoms with van der Waals surface area (Å²) in [5.41, 5.74) is 0. The van der Waals surface area contributed by atoms with Gasteiger partial charge in [-0.2, -0.15) is 49.1 Å². The third-order valence-electron chi connectivity index (χ3n) is 12.4. The van der Waals surface area contributed by atoms with Crippen LogP contribution in [0.1, 0.15) is 149 Å². The van der Waals surface area contributed by atoms with Gasteiger partial charge in [0.2, 0.25) is 19.3 Å². The van der Waals surface area contributed by atoms with Gasteiger partial charge in [0.05, 0.1) is 13.1 Å². The van der Waals surface area contributed by atoms with Crippen LogP contribution in [0.4, 0.5) is 0 Å². The fourth-order valence-electron chi connectivity index (χ4n) is 7.85. The van der Waals surface area contributed by atoms with Crippen LogP contribution < -0.4 is 9.13 Å². The first kappa shape index (κ1) is 76.8. The summed E-state index contributed by atoms with van der Waals surface area (Å²) < 4.78 is 8.97. The number of rotatable bonds is 24. The number of imidazole rings is 2. The molecule has 0 radical (unpaired) electrons. The van der Waals surface area contributed by atoms with Crippen molar-refractivity contribution in [3.05, 3.63) is 152 Å². The van der Waals surface area contributed by atoms with Gasteiger partial charge in [0.25, 0.3) is 11.9 Å². The Morgan fingerprint density at radius 3 is 0.951 bits per heavy atom. The van der Waals surface area contributed by atoms with Crippen LogP contribution in [-0.2, 0) is 71.5 Å². The molecule has 0 unspecified atom stereocenters. The van der Waals surface area contributed by atoms with Crippen molar-refractivity contribution in [3.63, 3.8) is 0 Å². The van der Waals surface area contributed by atoms with Crippen molar-refractivity contribution < 1.29 is 71.1 Å². The molecule has 468 valence electrons. The molecule has 0 saturated heterocycles. The molecular weight excluding hydrogens is 1400 g/mol. The molecule has 0 fully saturated rings. The van der Waals surface area contributed by atoms with E-state index in [9.17, 15) is 0 Å². The second-order valence-corrected chi connectivity index (χ2v) is 20.8. The fourth-order valence-corrected chi connectivity index (χ4v) is 7.85. The van der Waals surface area contributed by atoms with E-state index in [0.29, 0.717) is 18.1 Å². The molecule has 0 bridgehead atoms. The first-order valence-electron chi connectivity index (χ1n) is 28.7. The quantitative estimate of drug-likeness (QED) is 0.0763. The molecule has 0 spiro atoms. The Balaban J connectivity index is 0.00000101. The smallest absolute Gasteiger partial charge is 0.508 e. The van der Waals surface area contributed by atoms with Crippen molar-refractivity contribution >= 4 is 11.9 Å². The Morgan fingerprint density at radius 1 is 0.427 bits per heavy atom. The summed E-state index contributed by atoms with van der Waals surface area (Å²) in [6.45, 7) is 48.3. The van der Waals surface area contributed by atoms with Crippen molar-refractivity contribution in [2.24, 2.45) is 0 Å². The van der Waals surface area contributed by atoms with Crippen LogP contribution in [0.15, 0.2) is 112 Å². The number of hydrogen-bond acceptors (Lipinski definition) is 14. The number of nitrogens with zero attached hydrogens (tertiary/aromatic N) is 16. The minimum Gasteiger partial charge on any atom is -0.508 e. The number of carbonyl (C=O) groups is 2. The van der Waals surface area contributed by atoms with Crippen molar-refractivity contribution in [2.45, 2.75) is 187 Å². The molecule has 22 heteroatoms. The first-order chi connectivity index (χ1) is 37.8. The van der Waals surface area contributed by atoms with Gasteiger partial charge in [-0.1, -0.05) is 67.7 Å². The van der Waals surface area contributed by atoms with Crippen LogP contribution in [-0.4, -0.2) is 148 Å². The molecular formula is C60H106N16O4Pt2+2. The zero-order valence-corrected chi connectivity index (χ0v) is 55.7. The number of aliphatic carboxylic acids is 2. The average molecular weight is 1510 g/mol. The number of aromatic nitrogens is 4. The molecule has 0 amide bonds. The zero-order valence-electron chi connectivity index (χ0n) is 51.1. The monoisotopic (exact) mass is 1500 g/mol. The van der Waals surface area contributed by atoms with Crippen molar-refractivity contribution in [3.8, 4) is 0 Å². The molecule has 0 atom stereocenters. The second kappa shape index (κ2) is 43.4. The van der Waals surface area contributed by atoms with E-state index in [1.807, 2.05) is 0 Å².